The summed E-state index contributed by atoms with van der Waals surface area (Å²) in [6.07, 6.45) is 7.50. The van der Waals surface area contributed by atoms with E-state index in [1.165, 1.54) is 27.6 Å². The van der Waals surface area contributed by atoms with Gasteiger partial charge in [0.1, 0.15) is 0 Å². The minimum absolute atomic E-state index is 0.0775. The van der Waals surface area contributed by atoms with Crippen molar-refractivity contribution in [1.29, 1.82) is 0 Å². The number of hydrogen-bond donors (Lipinski definition) is 2. The van der Waals surface area contributed by atoms with E-state index in [9.17, 15) is 4.79 Å². The highest BCUT2D eigenvalue weighted by Crippen LogP contribution is 2.40. The zero-order chi connectivity index (χ0) is 17.6. The topological polar surface area (TPSA) is 48.1 Å². The van der Waals surface area contributed by atoms with Gasteiger partial charge in [-0.15, -0.1) is 0 Å². The number of carbonyl (C=O) groups excluding carboxylic acids is 1. The molecule has 25 heavy (non-hydrogen) atoms. The Hall–Kier alpha value is -2.07. The summed E-state index contributed by atoms with van der Waals surface area (Å²) in [5.41, 5.74) is 5.18. The predicted octanol–water partition coefficient (Wildman–Crippen LogP) is 3.34. The molecule has 132 valence electrons. The summed E-state index contributed by atoms with van der Waals surface area (Å²) in [7, 11) is 2.14. The van der Waals surface area contributed by atoms with Crippen molar-refractivity contribution in [2.75, 3.05) is 13.6 Å². The number of nitrogens with zero attached hydrogens (tertiary/aromatic N) is 1. The largest absolute Gasteiger partial charge is 0.361 e. The van der Waals surface area contributed by atoms with Crippen molar-refractivity contribution in [2.24, 2.45) is 5.92 Å². The van der Waals surface area contributed by atoms with Gasteiger partial charge in [0.2, 0.25) is 5.91 Å². The summed E-state index contributed by atoms with van der Waals surface area (Å²) in [5, 5.41) is 4.52. The van der Waals surface area contributed by atoms with Crippen molar-refractivity contribution >= 4 is 22.4 Å². The molecule has 4 rings (SSSR count). The molecular formula is C21H27N3O. The molecule has 0 spiro atoms. The van der Waals surface area contributed by atoms with Gasteiger partial charge in [0.25, 0.3) is 0 Å². The number of H-pyrrole nitrogens is 1. The first-order valence-electron chi connectivity index (χ1n) is 9.40. The molecule has 1 amide bonds. The molecule has 1 aromatic heterocycles. The molecule has 1 aromatic carbocycles. The Labute approximate surface area is 149 Å². The van der Waals surface area contributed by atoms with Gasteiger partial charge in [-0.25, -0.2) is 0 Å². The average molecular weight is 337 g/mol. The van der Waals surface area contributed by atoms with Crippen LogP contribution in [0.1, 0.15) is 37.8 Å². The van der Waals surface area contributed by atoms with Gasteiger partial charge in [0.15, 0.2) is 0 Å². The highest BCUT2D eigenvalue weighted by molar-refractivity contribution is 5.99. The molecule has 2 N–H and O–H groups in total. The molecule has 4 heteroatoms. The van der Waals surface area contributed by atoms with Crippen LogP contribution in [-0.2, 0) is 11.2 Å². The Kier molecular flexibility index (Phi) is 4.16. The summed E-state index contributed by atoms with van der Waals surface area (Å²) in [5.74, 6) is 0.0806. The molecule has 0 radical (unpaired) electrons. The lowest BCUT2D eigenvalue weighted by atomic mass is 9.80. The molecule has 2 aromatic rings. The van der Waals surface area contributed by atoms with Crippen LogP contribution in [-0.4, -0.2) is 41.5 Å². The van der Waals surface area contributed by atoms with Crippen LogP contribution in [0.2, 0.25) is 0 Å². The van der Waals surface area contributed by atoms with Crippen LogP contribution < -0.4 is 5.32 Å². The number of hydrogen-bond acceptors (Lipinski definition) is 2. The molecule has 0 fully saturated rings. The second-order valence-corrected chi connectivity index (χ2v) is 7.63. The van der Waals surface area contributed by atoms with E-state index in [4.69, 9.17) is 0 Å². The lowest BCUT2D eigenvalue weighted by molar-refractivity contribution is -0.124. The fourth-order valence-electron chi connectivity index (χ4n) is 4.47. The van der Waals surface area contributed by atoms with Gasteiger partial charge < -0.3 is 10.3 Å². The molecule has 4 nitrogen and oxygen atoms in total. The van der Waals surface area contributed by atoms with Crippen LogP contribution in [0.25, 0.3) is 16.5 Å². The summed E-state index contributed by atoms with van der Waals surface area (Å²) in [6.45, 7) is 5.03. The zero-order valence-electron chi connectivity index (χ0n) is 15.3. The smallest absolute Gasteiger partial charge is 0.228 e. The summed E-state index contributed by atoms with van der Waals surface area (Å²) in [6, 6.07) is 7.04. The zero-order valence-corrected chi connectivity index (χ0v) is 15.3. The highest BCUT2D eigenvalue weighted by Gasteiger charge is 2.35. The highest BCUT2D eigenvalue weighted by atomic mass is 16.2. The van der Waals surface area contributed by atoms with Crippen molar-refractivity contribution in [3.05, 3.63) is 41.6 Å². The van der Waals surface area contributed by atoms with Gasteiger partial charge in [-0.2, -0.15) is 0 Å². The lowest BCUT2D eigenvalue weighted by Gasteiger charge is -2.39. The standard InChI is InChI=1S/C21H27N3O/c1-4-6-13(2)23-21(25)15-9-17-16-7-5-8-18-20(16)14(11-22-18)10-19(17)24(3)12-15/h5,7-9,11,13,15,19,22H,4,6,10,12H2,1-3H3,(H,23,25)/t13?,15-,19-/m1/s1. The Morgan fingerprint density at radius 1 is 1.44 bits per heavy atom. The fraction of sp³-hybridized carbons (Fsp3) is 0.476. The van der Waals surface area contributed by atoms with Crippen LogP contribution >= 0.6 is 0 Å². The van der Waals surface area contributed by atoms with Gasteiger partial charge >= 0.3 is 0 Å². The van der Waals surface area contributed by atoms with E-state index in [1.807, 2.05) is 0 Å². The normalized spacial score (nSPS) is 23.9. The number of likely N-dealkylation sites (N-methyl/N-ethyl adjacent to an activating group) is 1. The number of carbonyl (C=O) groups is 1. The van der Waals surface area contributed by atoms with Crippen LogP contribution in [0.3, 0.4) is 0 Å². The number of aromatic nitrogens is 1. The van der Waals surface area contributed by atoms with Crippen LogP contribution in [0, 0.1) is 5.92 Å². The molecule has 1 unspecified atom stereocenters. The Balaban J connectivity index is 1.69. The van der Waals surface area contributed by atoms with Crippen LogP contribution in [0.4, 0.5) is 0 Å². The van der Waals surface area contributed by atoms with Crippen molar-refractivity contribution < 1.29 is 4.79 Å². The number of benzene rings is 1. The maximum Gasteiger partial charge on any atom is 0.228 e. The molecule has 2 aliphatic rings. The van der Waals surface area contributed by atoms with E-state index in [0.29, 0.717) is 6.04 Å². The predicted molar refractivity (Wildman–Crippen MR) is 102 cm³/mol. The van der Waals surface area contributed by atoms with Crippen LogP contribution in [0.15, 0.2) is 30.5 Å². The van der Waals surface area contributed by atoms with E-state index in [1.54, 1.807) is 0 Å². The first-order chi connectivity index (χ1) is 12.1. The molecule has 1 aliphatic carbocycles. The van der Waals surface area contributed by atoms with Gasteiger partial charge in [-0.1, -0.05) is 31.6 Å². The SMILES string of the molecule is CCCC(C)NC(=O)[C@@H]1C=C2c3cccc4[nH]cc(c34)C[C@H]2N(C)C1. The number of nitrogens with one attached hydrogen (secondary N) is 2. The average Bonchev–Trinajstić information content (AvgIpc) is 3.00. The summed E-state index contributed by atoms with van der Waals surface area (Å²) >= 11 is 0. The molecule has 3 atom stereocenters. The molecule has 2 heterocycles. The van der Waals surface area contributed by atoms with Crippen molar-refractivity contribution in [3.8, 4) is 0 Å². The fourth-order valence-corrected chi connectivity index (χ4v) is 4.47. The number of fused-ring (bicyclic) bond motifs is 2. The number of rotatable bonds is 4. The van der Waals surface area contributed by atoms with Crippen molar-refractivity contribution in [3.63, 3.8) is 0 Å². The quantitative estimate of drug-likeness (QED) is 0.899. The van der Waals surface area contributed by atoms with E-state index in [0.717, 1.165) is 25.8 Å². The van der Waals surface area contributed by atoms with Gasteiger partial charge in [-0.3, -0.25) is 9.69 Å². The maximum absolute atomic E-state index is 12.8. The molecular weight excluding hydrogens is 310 g/mol. The van der Waals surface area contributed by atoms with Gasteiger partial charge in [-0.05, 0) is 49.6 Å². The van der Waals surface area contributed by atoms with Crippen LogP contribution in [0.5, 0.6) is 0 Å². The molecule has 0 saturated carbocycles. The monoisotopic (exact) mass is 337 g/mol. The molecule has 0 bridgehead atoms. The van der Waals surface area contributed by atoms with Gasteiger partial charge in [0.05, 0.1) is 5.92 Å². The second-order valence-electron chi connectivity index (χ2n) is 7.63. The van der Waals surface area contributed by atoms with Gasteiger partial charge in [0, 0.05) is 35.7 Å². The van der Waals surface area contributed by atoms with Crippen molar-refractivity contribution in [2.45, 2.75) is 45.2 Å². The lowest BCUT2D eigenvalue weighted by Crippen LogP contribution is -2.47. The Morgan fingerprint density at radius 3 is 3.08 bits per heavy atom. The third-order valence-electron chi connectivity index (χ3n) is 5.72. The Morgan fingerprint density at radius 2 is 2.28 bits per heavy atom. The molecule has 1 aliphatic heterocycles. The number of amides is 1. The summed E-state index contributed by atoms with van der Waals surface area (Å²) < 4.78 is 0. The minimum atomic E-state index is -0.0775. The van der Waals surface area contributed by atoms with Crippen molar-refractivity contribution in [1.82, 2.24) is 15.2 Å². The second kappa shape index (κ2) is 6.34. The first-order valence-corrected chi connectivity index (χ1v) is 9.40. The van der Waals surface area contributed by atoms with E-state index < -0.39 is 0 Å². The van der Waals surface area contributed by atoms with E-state index in [2.05, 4.69) is 66.6 Å². The Bertz CT molecular complexity index is 835. The summed E-state index contributed by atoms with van der Waals surface area (Å²) in [4.78, 5) is 18.5. The molecule has 0 saturated heterocycles. The first kappa shape index (κ1) is 16.4. The van der Waals surface area contributed by atoms with E-state index in [-0.39, 0.29) is 17.9 Å². The third kappa shape index (κ3) is 2.78. The third-order valence-corrected chi connectivity index (χ3v) is 5.72. The maximum atomic E-state index is 12.8. The van der Waals surface area contributed by atoms with E-state index >= 15 is 0 Å². The number of aromatic amines is 1. The minimum Gasteiger partial charge on any atom is -0.361 e.